The Kier molecular flexibility index (Phi) is 4.12. The lowest BCUT2D eigenvalue weighted by Gasteiger charge is -2.18. The van der Waals surface area contributed by atoms with Crippen molar-refractivity contribution >= 4 is 28.3 Å². The van der Waals surface area contributed by atoms with Crippen molar-refractivity contribution < 1.29 is 4.79 Å². The van der Waals surface area contributed by atoms with Gasteiger partial charge in [-0.05, 0) is 40.6 Å². The quantitative estimate of drug-likeness (QED) is 0.682. The van der Waals surface area contributed by atoms with Crippen molar-refractivity contribution in [3.05, 3.63) is 82.9 Å². The number of carbonyl (C=O) groups is 1. The number of benzene rings is 3. The van der Waals surface area contributed by atoms with E-state index in [1.807, 2.05) is 12.1 Å². The molecule has 3 aromatic rings. The summed E-state index contributed by atoms with van der Waals surface area (Å²) in [6, 6.07) is 21.5. The van der Waals surface area contributed by atoms with E-state index < -0.39 is 0 Å². The highest BCUT2D eigenvalue weighted by atomic mass is 35.5. The molecule has 0 atom stereocenters. The van der Waals surface area contributed by atoms with Crippen molar-refractivity contribution in [2.24, 2.45) is 0 Å². The number of hydrogen-bond donors (Lipinski definition) is 0. The molecule has 3 aromatic carbocycles. The van der Waals surface area contributed by atoms with E-state index >= 15 is 0 Å². The zero-order valence-corrected chi connectivity index (χ0v) is 13.0. The summed E-state index contributed by atoms with van der Waals surface area (Å²) in [6.45, 7) is 0.566. The zero-order chi connectivity index (χ0) is 15.5. The van der Waals surface area contributed by atoms with Crippen LogP contribution in [0.3, 0.4) is 0 Å². The highest BCUT2D eigenvalue weighted by Crippen LogP contribution is 2.18. The molecule has 110 valence electrons. The maximum atomic E-state index is 12.4. The fourth-order valence-electron chi connectivity index (χ4n) is 2.52. The molecule has 0 unspecified atom stereocenters. The highest BCUT2D eigenvalue weighted by molar-refractivity contribution is 6.30. The van der Waals surface area contributed by atoms with E-state index in [2.05, 4.69) is 30.3 Å². The monoisotopic (exact) mass is 309 g/mol. The number of hydrogen-bond acceptors (Lipinski definition) is 1. The first kappa shape index (κ1) is 14.6. The molecule has 1 amide bonds. The maximum absolute atomic E-state index is 12.4. The molecule has 0 heterocycles. The predicted octanol–water partition coefficient (Wildman–Crippen LogP) is 4.77. The summed E-state index contributed by atoms with van der Waals surface area (Å²) in [5, 5.41) is 2.96. The van der Waals surface area contributed by atoms with Crippen molar-refractivity contribution in [1.82, 2.24) is 4.90 Å². The second kappa shape index (κ2) is 6.20. The second-order valence-electron chi connectivity index (χ2n) is 5.35. The number of amides is 1. The smallest absolute Gasteiger partial charge is 0.253 e. The molecule has 0 fully saturated rings. The topological polar surface area (TPSA) is 20.3 Å². The van der Waals surface area contributed by atoms with E-state index in [1.165, 1.54) is 10.8 Å². The Morgan fingerprint density at radius 1 is 0.955 bits per heavy atom. The Labute approximate surface area is 134 Å². The molecular weight excluding hydrogens is 294 g/mol. The molecule has 0 radical (unpaired) electrons. The van der Waals surface area contributed by atoms with Gasteiger partial charge in [0.25, 0.3) is 5.91 Å². The largest absolute Gasteiger partial charge is 0.337 e. The van der Waals surface area contributed by atoms with Crippen LogP contribution in [0, 0.1) is 0 Å². The minimum absolute atomic E-state index is 0.0318. The van der Waals surface area contributed by atoms with Crippen molar-refractivity contribution in [2.75, 3.05) is 7.05 Å². The van der Waals surface area contributed by atoms with Crippen LogP contribution < -0.4 is 0 Å². The van der Waals surface area contributed by atoms with Gasteiger partial charge >= 0.3 is 0 Å². The molecule has 0 bridgehead atoms. The second-order valence-corrected chi connectivity index (χ2v) is 5.79. The summed E-state index contributed by atoms with van der Waals surface area (Å²) >= 11 is 5.95. The Bertz CT molecular complexity index is 828. The number of halogens is 1. The lowest BCUT2D eigenvalue weighted by molar-refractivity contribution is 0.0785. The van der Waals surface area contributed by atoms with E-state index in [1.54, 1.807) is 36.2 Å². The van der Waals surface area contributed by atoms with Crippen LogP contribution in [0.1, 0.15) is 15.9 Å². The maximum Gasteiger partial charge on any atom is 0.253 e. The van der Waals surface area contributed by atoms with Crippen LogP contribution in [0.25, 0.3) is 10.8 Å². The van der Waals surface area contributed by atoms with Crippen LogP contribution in [0.4, 0.5) is 0 Å². The van der Waals surface area contributed by atoms with Crippen LogP contribution in [0.5, 0.6) is 0 Å². The van der Waals surface area contributed by atoms with Crippen LogP contribution in [0.2, 0.25) is 5.02 Å². The van der Waals surface area contributed by atoms with Gasteiger partial charge in [-0.15, -0.1) is 0 Å². The zero-order valence-electron chi connectivity index (χ0n) is 12.3. The van der Waals surface area contributed by atoms with Crippen molar-refractivity contribution in [2.45, 2.75) is 6.54 Å². The SMILES string of the molecule is CN(Cc1ccc2ccccc2c1)C(=O)c1cccc(Cl)c1. The van der Waals surface area contributed by atoms with Crippen molar-refractivity contribution in [3.8, 4) is 0 Å². The molecule has 3 heteroatoms. The normalized spacial score (nSPS) is 10.6. The fraction of sp³-hybridized carbons (Fsp3) is 0.105. The number of fused-ring (bicyclic) bond motifs is 1. The Morgan fingerprint density at radius 3 is 2.50 bits per heavy atom. The number of rotatable bonds is 3. The van der Waals surface area contributed by atoms with Crippen LogP contribution in [-0.4, -0.2) is 17.9 Å². The van der Waals surface area contributed by atoms with Gasteiger partial charge in [0.15, 0.2) is 0 Å². The first-order valence-corrected chi connectivity index (χ1v) is 7.50. The highest BCUT2D eigenvalue weighted by Gasteiger charge is 2.12. The van der Waals surface area contributed by atoms with Crippen LogP contribution >= 0.6 is 11.6 Å². The van der Waals surface area contributed by atoms with E-state index in [9.17, 15) is 4.79 Å². The van der Waals surface area contributed by atoms with Gasteiger partial charge in [-0.1, -0.05) is 54.1 Å². The minimum Gasteiger partial charge on any atom is -0.337 e. The number of nitrogens with zero attached hydrogens (tertiary/aromatic N) is 1. The lowest BCUT2D eigenvalue weighted by Crippen LogP contribution is -2.26. The average molecular weight is 310 g/mol. The van der Waals surface area contributed by atoms with Gasteiger partial charge in [0.1, 0.15) is 0 Å². The summed E-state index contributed by atoms with van der Waals surface area (Å²) in [6.07, 6.45) is 0. The summed E-state index contributed by atoms with van der Waals surface area (Å²) in [5.41, 5.74) is 1.72. The Balaban J connectivity index is 1.80. The average Bonchev–Trinajstić information content (AvgIpc) is 2.54. The van der Waals surface area contributed by atoms with Gasteiger partial charge in [-0.3, -0.25) is 4.79 Å². The summed E-state index contributed by atoms with van der Waals surface area (Å²) in [7, 11) is 1.80. The molecule has 3 rings (SSSR count). The molecule has 0 aliphatic carbocycles. The summed E-state index contributed by atoms with van der Waals surface area (Å²) < 4.78 is 0. The van der Waals surface area contributed by atoms with Gasteiger partial charge in [-0.2, -0.15) is 0 Å². The third kappa shape index (κ3) is 3.12. The van der Waals surface area contributed by atoms with Crippen LogP contribution in [0.15, 0.2) is 66.7 Å². The fourth-order valence-corrected chi connectivity index (χ4v) is 2.71. The first-order valence-electron chi connectivity index (χ1n) is 7.12. The van der Waals surface area contributed by atoms with E-state index in [4.69, 9.17) is 11.6 Å². The van der Waals surface area contributed by atoms with Gasteiger partial charge < -0.3 is 4.90 Å². The van der Waals surface area contributed by atoms with Crippen molar-refractivity contribution in [1.29, 1.82) is 0 Å². The van der Waals surface area contributed by atoms with E-state index in [-0.39, 0.29) is 5.91 Å². The van der Waals surface area contributed by atoms with Gasteiger partial charge in [0, 0.05) is 24.2 Å². The molecule has 0 saturated heterocycles. The van der Waals surface area contributed by atoms with Gasteiger partial charge in [0.2, 0.25) is 0 Å². The standard InChI is InChI=1S/C19H16ClNO/c1-21(19(22)17-7-4-8-18(20)12-17)13-14-9-10-15-5-2-3-6-16(15)11-14/h2-12H,13H2,1H3. The molecule has 0 aliphatic heterocycles. The van der Waals surface area contributed by atoms with E-state index in [0.29, 0.717) is 17.1 Å². The molecule has 2 nitrogen and oxygen atoms in total. The molecule has 22 heavy (non-hydrogen) atoms. The van der Waals surface area contributed by atoms with Gasteiger partial charge in [0.05, 0.1) is 0 Å². The molecule has 0 saturated carbocycles. The predicted molar refractivity (Wildman–Crippen MR) is 91.2 cm³/mol. The molecule has 0 spiro atoms. The van der Waals surface area contributed by atoms with Crippen molar-refractivity contribution in [3.63, 3.8) is 0 Å². The number of carbonyl (C=O) groups excluding carboxylic acids is 1. The Morgan fingerprint density at radius 2 is 1.73 bits per heavy atom. The van der Waals surface area contributed by atoms with E-state index in [0.717, 1.165) is 5.56 Å². The molecule has 0 N–H and O–H groups in total. The van der Waals surface area contributed by atoms with Gasteiger partial charge in [-0.25, -0.2) is 0 Å². The first-order chi connectivity index (χ1) is 10.6. The minimum atomic E-state index is -0.0318. The molecule has 0 aliphatic rings. The summed E-state index contributed by atoms with van der Waals surface area (Å²) in [4.78, 5) is 14.1. The molecular formula is C19H16ClNO. The third-order valence-electron chi connectivity index (χ3n) is 3.65. The Hall–Kier alpha value is -2.32. The third-order valence-corrected chi connectivity index (χ3v) is 3.89. The molecule has 0 aromatic heterocycles. The summed E-state index contributed by atoms with van der Waals surface area (Å²) in [5.74, 6) is -0.0318. The van der Waals surface area contributed by atoms with Crippen LogP contribution in [-0.2, 0) is 6.54 Å². The lowest BCUT2D eigenvalue weighted by atomic mass is 10.1.